The molecule has 1 aliphatic heterocycles. The Morgan fingerprint density at radius 2 is 2.27 bits per heavy atom. The highest BCUT2D eigenvalue weighted by atomic mass is 15.2. The minimum absolute atomic E-state index is 0.622. The summed E-state index contributed by atoms with van der Waals surface area (Å²) in [5.41, 5.74) is 1.34. The van der Waals surface area contributed by atoms with E-state index in [1.807, 2.05) is 18.5 Å². The molecule has 0 spiro atoms. The van der Waals surface area contributed by atoms with Gasteiger partial charge in [-0.15, -0.1) is 0 Å². The van der Waals surface area contributed by atoms with E-state index in [1.54, 1.807) is 0 Å². The second-order valence-corrected chi connectivity index (χ2v) is 4.20. The normalized spacial score (nSPS) is 20.1. The predicted octanol–water partition coefficient (Wildman–Crippen LogP) is 0.918. The van der Waals surface area contributed by atoms with E-state index in [-0.39, 0.29) is 0 Å². The molecule has 1 fully saturated rings. The van der Waals surface area contributed by atoms with Crippen LogP contribution in [0.2, 0.25) is 0 Å². The third-order valence-corrected chi connectivity index (χ3v) is 3.03. The molecule has 2 rings (SSSR count). The van der Waals surface area contributed by atoms with Gasteiger partial charge in [-0.25, -0.2) is 0 Å². The molecular formula is C12H19N3. The van der Waals surface area contributed by atoms with Crippen LogP contribution in [-0.4, -0.2) is 42.1 Å². The number of pyridine rings is 1. The summed E-state index contributed by atoms with van der Waals surface area (Å²) in [5.74, 6) is 0. The van der Waals surface area contributed by atoms with E-state index < -0.39 is 0 Å². The minimum atomic E-state index is 0.622. The molecule has 0 bridgehead atoms. The van der Waals surface area contributed by atoms with Crippen molar-refractivity contribution in [2.75, 3.05) is 26.2 Å². The molecule has 1 unspecified atom stereocenters. The van der Waals surface area contributed by atoms with Gasteiger partial charge in [0.25, 0.3) is 0 Å². The maximum absolute atomic E-state index is 4.15. The lowest BCUT2D eigenvalue weighted by Gasteiger charge is -2.32. The fourth-order valence-electron chi connectivity index (χ4n) is 2.11. The molecule has 1 aliphatic rings. The van der Waals surface area contributed by atoms with Gasteiger partial charge in [0.05, 0.1) is 0 Å². The van der Waals surface area contributed by atoms with Crippen molar-refractivity contribution in [2.24, 2.45) is 0 Å². The number of piperazine rings is 1. The van der Waals surface area contributed by atoms with E-state index in [1.165, 1.54) is 18.7 Å². The smallest absolute Gasteiger partial charge is 0.0300 e. The maximum atomic E-state index is 4.15. The Labute approximate surface area is 91.5 Å². The van der Waals surface area contributed by atoms with Crippen LogP contribution < -0.4 is 5.32 Å². The molecule has 2 heterocycles. The lowest BCUT2D eigenvalue weighted by Crippen LogP contribution is -2.48. The van der Waals surface area contributed by atoms with Gasteiger partial charge in [-0.05, 0) is 25.0 Å². The van der Waals surface area contributed by atoms with E-state index in [0.717, 1.165) is 19.5 Å². The zero-order valence-electron chi connectivity index (χ0n) is 9.32. The summed E-state index contributed by atoms with van der Waals surface area (Å²) < 4.78 is 0. The Bertz CT molecular complexity index is 280. The van der Waals surface area contributed by atoms with Crippen LogP contribution in [0.5, 0.6) is 0 Å². The summed E-state index contributed by atoms with van der Waals surface area (Å²) in [6, 6.07) is 4.79. The number of aromatic nitrogens is 1. The van der Waals surface area contributed by atoms with Crippen molar-refractivity contribution in [2.45, 2.75) is 19.4 Å². The van der Waals surface area contributed by atoms with Gasteiger partial charge in [0, 0.05) is 44.6 Å². The van der Waals surface area contributed by atoms with Crippen molar-refractivity contribution in [1.82, 2.24) is 15.2 Å². The molecule has 0 saturated carbocycles. The third-order valence-electron chi connectivity index (χ3n) is 3.03. The first-order valence-electron chi connectivity index (χ1n) is 5.70. The average molecular weight is 205 g/mol. The third kappa shape index (κ3) is 3.01. The maximum Gasteiger partial charge on any atom is 0.0300 e. The van der Waals surface area contributed by atoms with E-state index in [4.69, 9.17) is 0 Å². The van der Waals surface area contributed by atoms with Crippen LogP contribution in [0.15, 0.2) is 24.5 Å². The van der Waals surface area contributed by atoms with Crippen LogP contribution in [0.4, 0.5) is 0 Å². The molecule has 15 heavy (non-hydrogen) atoms. The van der Waals surface area contributed by atoms with Crippen LogP contribution in [-0.2, 0) is 6.42 Å². The summed E-state index contributed by atoms with van der Waals surface area (Å²) in [4.78, 5) is 6.70. The average Bonchev–Trinajstić information content (AvgIpc) is 2.31. The molecule has 3 heteroatoms. The van der Waals surface area contributed by atoms with E-state index >= 15 is 0 Å². The van der Waals surface area contributed by atoms with Crippen molar-refractivity contribution in [1.29, 1.82) is 0 Å². The van der Waals surface area contributed by atoms with Crippen molar-refractivity contribution in [3.05, 3.63) is 30.1 Å². The molecule has 1 atom stereocenters. The molecule has 0 aromatic carbocycles. The lowest BCUT2D eigenvalue weighted by atomic mass is 10.1. The molecule has 1 saturated heterocycles. The van der Waals surface area contributed by atoms with E-state index in [2.05, 4.69) is 28.2 Å². The van der Waals surface area contributed by atoms with Gasteiger partial charge >= 0.3 is 0 Å². The summed E-state index contributed by atoms with van der Waals surface area (Å²) in [6.45, 7) is 6.88. The Hall–Kier alpha value is -0.930. The number of rotatable bonds is 3. The predicted molar refractivity (Wildman–Crippen MR) is 61.8 cm³/mol. The van der Waals surface area contributed by atoms with Gasteiger partial charge in [-0.3, -0.25) is 9.88 Å². The molecule has 0 radical (unpaired) electrons. The first-order valence-corrected chi connectivity index (χ1v) is 5.70. The van der Waals surface area contributed by atoms with Crippen molar-refractivity contribution in [3.63, 3.8) is 0 Å². The zero-order chi connectivity index (χ0) is 10.5. The highest BCUT2D eigenvalue weighted by Crippen LogP contribution is 2.08. The Morgan fingerprint density at radius 1 is 1.47 bits per heavy atom. The highest BCUT2D eigenvalue weighted by molar-refractivity contribution is 5.10. The van der Waals surface area contributed by atoms with Crippen molar-refractivity contribution in [3.8, 4) is 0 Å². The molecule has 0 amide bonds. The summed E-state index contributed by atoms with van der Waals surface area (Å²) >= 11 is 0. The first-order chi connectivity index (χ1) is 7.36. The summed E-state index contributed by atoms with van der Waals surface area (Å²) in [5, 5.41) is 3.38. The topological polar surface area (TPSA) is 28.2 Å². The van der Waals surface area contributed by atoms with Crippen molar-refractivity contribution < 1.29 is 0 Å². The van der Waals surface area contributed by atoms with Gasteiger partial charge in [-0.1, -0.05) is 6.07 Å². The van der Waals surface area contributed by atoms with Gasteiger partial charge in [0.1, 0.15) is 0 Å². The molecule has 1 N–H and O–H groups in total. The molecule has 1 aromatic heterocycles. The standard InChI is InChI=1S/C12H19N3/c1-11(15-7-5-13-6-8-15)9-12-3-2-4-14-10-12/h2-4,10-11,13H,5-9H2,1H3. The van der Waals surface area contributed by atoms with Crippen molar-refractivity contribution >= 4 is 0 Å². The SMILES string of the molecule is CC(Cc1cccnc1)N1CCNCC1. The van der Waals surface area contributed by atoms with Crippen LogP contribution in [0.25, 0.3) is 0 Å². The lowest BCUT2D eigenvalue weighted by molar-refractivity contribution is 0.183. The zero-order valence-corrected chi connectivity index (χ0v) is 9.32. The van der Waals surface area contributed by atoms with Crippen LogP contribution in [0.1, 0.15) is 12.5 Å². The number of nitrogens with one attached hydrogen (secondary N) is 1. The van der Waals surface area contributed by atoms with E-state index in [0.29, 0.717) is 6.04 Å². The first kappa shape index (κ1) is 10.6. The molecule has 1 aromatic rings. The quantitative estimate of drug-likeness (QED) is 0.795. The fraction of sp³-hybridized carbons (Fsp3) is 0.583. The molecule has 3 nitrogen and oxygen atoms in total. The van der Waals surface area contributed by atoms with E-state index in [9.17, 15) is 0 Å². The highest BCUT2D eigenvalue weighted by Gasteiger charge is 2.16. The summed E-state index contributed by atoms with van der Waals surface area (Å²) in [7, 11) is 0. The largest absolute Gasteiger partial charge is 0.314 e. The van der Waals surface area contributed by atoms with Crippen LogP contribution >= 0.6 is 0 Å². The number of hydrogen-bond donors (Lipinski definition) is 1. The second-order valence-electron chi connectivity index (χ2n) is 4.20. The van der Waals surface area contributed by atoms with Crippen LogP contribution in [0, 0.1) is 0 Å². The Balaban J connectivity index is 1.88. The summed E-state index contributed by atoms with van der Waals surface area (Å²) in [6.07, 6.45) is 4.91. The molecule has 0 aliphatic carbocycles. The Morgan fingerprint density at radius 3 is 2.93 bits per heavy atom. The fourth-order valence-corrected chi connectivity index (χ4v) is 2.11. The Kier molecular flexibility index (Phi) is 3.69. The van der Waals surface area contributed by atoms with Gasteiger partial charge in [-0.2, -0.15) is 0 Å². The molecule has 82 valence electrons. The van der Waals surface area contributed by atoms with Gasteiger partial charge in [0.2, 0.25) is 0 Å². The van der Waals surface area contributed by atoms with Gasteiger partial charge < -0.3 is 5.32 Å². The minimum Gasteiger partial charge on any atom is -0.314 e. The number of nitrogens with zero attached hydrogens (tertiary/aromatic N) is 2. The number of hydrogen-bond acceptors (Lipinski definition) is 3. The molecular weight excluding hydrogens is 186 g/mol. The monoisotopic (exact) mass is 205 g/mol. The second kappa shape index (κ2) is 5.24. The van der Waals surface area contributed by atoms with Gasteiger partial charge in [0.15, 0.2) is 0 Å². The van der Waals surface area contributed by atoms with Crippen LogP contribution in [0.3, 0.4) is 0 Å².